The van der Waals surface area contributed by atoms with Gasteiger partial charge in [-0.1, -0.05) is 31.2 Å². The summed E-state index contributed by atoms with van der Waals surface area (Å²) in [5, 5.41) is 2.90. The van der Waals surface area contributed by atoms with E-state index in [2.05, 4.69) is 5.32 Å². The third kappa shape index (κ3) is 7.87. The maximum absolute atomic E-state index is 13.7. The molecule has 0 saturated carbocycles. The molecule has 36 heavy (non-hydrogen) atoms. The van der Waals surface area contributed by atoms with Crippen molar-refractivity contribution < 1.29 is 27.5 Å². The van der Waals surface area contributed by atoms with Gasteiger partial charge in [0.05, 0.1) is 25.7 Å². The molecule has 0 unspecified atom stereocenters. The van der Waals surface area contributed by atoms with Crippen molar-refractivity contribution in [3.8, 4) is 11.5 Å². The Morgan fingerprint density at radius 2 is 1.75 bits per heavy atom. The number of hydrogen-bond donors (Lipinski definition) is 1. The minimum absolute atomic E-state index is 0.0701. The van der Waals surface area contributed by atoms with E-state index in [-0.39, 0.29) is 24.2 Å². The smallest absolute Gasteiger partial charge is 0.244 e. The summed E-state index contributed by atoms with van der Waals surface area (Å²) >= 11 is 0. The number of benzene rings is 2. The summed E-state index contributed by atoms with van der Waals surface area (Å²) in [6, 6.07) is 12.9. The van der Waals surface area contributed by atoms with E-state index in [4.69, 9.17) is 9.47 Å². The van der Waals surface area contributed by atoms with E-state index < -0.39 is 28.5 Å². The lowest BCUT2D eigenvalue weighted by atomic mass is 10.1. The largest absolute Gasteiger partial charge is 0.497 e. The molecule has 1 N–H and O–H groups in total. The highest BCUT2D eigenvalue weighted by atomic mass is 32.2. The molecular formula is C26H37N3O6S. The molecule has 0 fully saturated rings. The standard InChI is InChI=1S/C26H37N3O6S/c1-7-19(3)27-26(31)20(4)28(17-21-12-11-13-22(16-21)34-5)25(30)18-29(36(6,32)33)23-14-9-10-15-24(23)35-8-2/h9-16,19-20H,7-8,17-18H2,1-6H3,(H,27,31)/t19-,20-/m1/s1. The van der Waals surface area contributed by atoms with Crippen molar-refractivity contribution in [1.29, 1.82) is 0 Å². The maximum atomic E-state index is 13.7. The fourth-order valence-electron chi connectivity index (χ4n) is 3.55. The number of nitrogens with one attached hydrogen (secondary N) is 1. The highest BCUT2D eigenvalue weighted by Crippen LogP contribution is 2.30. The normalized spacial score (nSPS) is 12.8. The van der Waals surface area contributed by atoms with Gasteiger partial charge in [-0.2, -0.15) is 0 Å². The number of sulfonamides is 1. The Labute approximate surface area is 214 Å². The van der Waals surface area contributed by atoms with E-state index >= 15 is 0 Å². The van der Waals surface area contributed by atoms with E-state index in [1.54, 1.807) is 63.4 Å². The van der Waals surface area contributed by atoms with Crippen molar-refractivity contribution in [3.63, 3.8) is 0 Å². The van der Waals surface area contributed by atoms with Crippen LogP contribution in [0.25, 0.3) is 0 Å². The van der Waals surface area contributed by atoms with Crippen molar-refractivity contribution in [3.05, 3.63) is 54.1 Å². The Balaban J connectivity index is 2.45. The number of para-hydroxylation sites is 2. The summed E-state index contributed by atoms with van der Waals surface area (Å²) in [5.41, 5.74) is 1.000. The first-order valence-electron chi connectivity index (χ1n) is 11.9. The Morgan fingerprint density at radius 1 is 1.06 bits per heavy atom. The van der Waals surface area contributed by atoms with Crippen LogP contribution < -0.4 is 19.1 Å². The lowest BCUT2D eigenvalue weighted by Gasteiger charge is -2.32. The van der Waals surface area contributed by atoms with Crippen LogP contribution >= 0.6 is 0 Å². The third-order valence-corrected chi connectivity index (χ3v) is 6.89. The fourth-order valence-corrected chi connectivity index (χ4v) is 4.40. The number of methoxy groups -OCH3 is 1. The van der Waals surface area contributed by atoms with Gasteiger partial charge in [-0.05, 0) is 57.0 Å². The van der Waals surface area contributed by atoms with Crippen LogP contribution in [0.2, 0.25) is 0 Å². The SMILES string of the molecule is CCOc1ccccc1N(CC(=O)N(Cc1cccc(OC)c1)[C@H](C)C(=O)N[C@H](C)CC)S(C)(=O)=O. The van der Waals surface area contributed by atoms with Gasteiger partial charge in [-0.25, -0.2) is 8.42 Å². The lowest BCUT2D eigenvalue weighted by molar-refractivity contribution is -0.139. The molecule has 9 nitrogen and oxygen atoms in total. The molecule has 0 bridgehead atoms. The maximum Gasteiger partial charge on any atom is 0.244 e. The number of carbonyl (C=O) groups is 2. The van der Waals surface area contributed by atoms with Crippen LogP contribution in [0.3, 0.4) is 0 Å². The average Bonchev–Trinajstić information content (AvgIpc) is 2.85. The number of ether oxygens (including phenoxy) is 2. The van der Waals surface area contributed by atoms with Crippen LogP contribution in [0.1, 0.15) is 39.7 Å². The Morgan fingerprint density at radius 3 is 2.36 bits per heavy atom. The predicted molar refractivity (Wildman–Crippen MR) is 141 cm³/mol. The summed E-state index contributed by atoms with van der Waals surface area (Å²) in [4.78, 5) is 28.0. The summed E-state index contributed by atoms with van der Waals surface area (Å²) in [6.45, 7) is 7.19. The molecule has 0 radical (unpaired) electrons. The monoisotopic (exact) mass is 519 g/mol. The van der Waals surface area contributed by atoms with E-state index in [0.29, 0.717) is 18.1 Å². The first-order chi connectivity index (χ1) is 17.0. The lowest BCUT2D eigenvalue weighted by Crippen LogP contribution is -2.52. The second-order valence-electron chi connectivity index (χ2n) is 8.54. The minimum atomic E-state index is -3.85. The fraction of sp³-hybridized carbons (Fsp3) is 0.462. The number of rotatable bonds is 13. The first kappa shape index (κ1) is 29.0. The molecule has 0 aromatic heterocycles. The van der Waals surface area contributed by atoms with E-state index in [9.17, 15) is 18.0 Å². The zero-order valence-corrected chi connectivity index (χ0v) is 22.7. The van der Waals surface area contributed by atoms with Gasteiger partial charge in [-0.3, -0.25) is 13.9 Å². The van der Waals surface area contributed by atoms with Gasteiger partial charge < -0.3 is 19.7 Å². The number of nitrogens with zero attached hydrogens (tertiary/aromatic N) is 2. The molecule has 10 heteroatoms. The first-order valence-corrected chi connectivity index (χ1v) is 13.8. The molecule has 0 spiro atoms. The van der Waals surface area contributed by atoms with Gasteiger partial charge >= 0.3 is 0 Å². The zero-order valence-electron chi connectivity index (χ0n) is 21.9. The van der Waals surface area contributed by atoms with Crippen LogP contribution in [-0.2, 0) is 26.2 Å². The van der Waals surface area contributed by atoms with Crippen molar-refractivity contribution in [2.75, 3.05) is 30.8 Å². The average molecular weight is 520 g/mol. The number of amides is 2. The molecule has 0 aliphatic carbocycles. The van der Waals surface area contributed by atoms with Gasteiger partial charge in [0, 0.05) is 12.6 Å². The molecule has 2 atom stereocenters. The van der Waals surface area contributed by atoms with Gasteiger partial charge in [0.1, 0.15) is 24.1 Å². The van der Waals surface area contributed by atoms with E-state index in [0.717, 1.165) is 22.5 Å². The number of anilines is 1. The number of hydrogen-bond acceptors (Lipinski definition) is 6. The van der Waals surface area contributed by atoms with Crippen LogP contribution in [0.5, 0.6) is 11.5 Å². The second kappa shape index (κ2) is 13.2. The molecule has 0 aliphatic heterocycles. The third-order valence-electron chi connectivity index (χ3n) is 5.77. The zero-order chi connectivity index (χ0) is 26.9. The Kier molecular flexibility index (Phi) is 10.6. The van der Waals surface area contributed by atoms with Gasteiger partial charge in [0.25, 0.3) is 0 Å². The van der Waals surface area contributed by atoms with Crippen LogP contribution in [-0.4, -0.2) is 63.7 Å². The molecular weight excluding hydrogens is 482 g/mol. The van der Waals surface area contributed by atoms with Crippen LogP contribution in [0, 0.1) is 0 Å². The molecule has 2 aromatic carbocycles. The minimum Gasteiger partial charge on any atom is -0.497 e. The summed E-state index contributed by atoms with van der Waals surface area (Å²) in [5.74, 6) is 0.114. The predicted octanol–water partition coefficient (Wildman–Crippen LogP) is 3.19. The Hall–Kier alpha value is -3.27. The summed E-state index contributed by atoms with van der Waals surface area (Å²) < 4.78 is 37.5. The van der Waals surface area contributed by atoms with Gasteiger partial charge in [0.2, 0.25) is 21.8 Å². The van der Waals surface area contributed by atoms with Crippen molar-refractivity contribution in [2.45, 2.75) is 52.7 Å². The Bertz CT molecular complexity index is 1140. The molecule has 198 valence electrons. The van der Waals surface area contributed by atoms with Crippen molar-refractivity contribution >= 4 is 27.5 Å². The molecule has 0 heterocycles. The number of carbonyl (C=O) groups excluding carboxylic acids is 2. The quantitative estimate of drug-likeness (QED) is 0.436. The molecule has 2 aromatic rings. The topological polar surface area (TPSA) is 105 Å². The van der Waals surface area contributed by atoms with Gasteiger partial charge in [0.15, 0.2) is 0 Å². The molecule has 0 saturated heterocycles. The summed E-state index contributed by atoms with van der Waals surface area (Å²) in [7, 11) is -2.31. The molecule has 0 aliphatic rings. The molecule has 2 amide bonds. The molecule has 2 rings (SSSR count). The van der Waals surface area contributed by atoms with E-state index in [1.807, 2.05) is 19.9 Å². The summed E-state index contributed by atoms with van der Waals surface area (Å²) in [6.07, 6.45) is 1.77. The van der Waals surface area contributed by atoms with E-state index in [1.165, 1.54) is 4.90 Å². The van der Waals surface area contributed by atoms with Crippen molar-refractivity contribution in [1.82, 2.24) is 10.2 Å². The highest BCUT2D eigenvalue weighted by molar-refractivity contribution is 7.92. The van der Waals surface area contributed by atoms with Gasteiger partial charge in [-0.15, -0.1) is 0 Å². The second-order valence-corrected chi connectivity index (χ2v) is 10.4. The van der Waals surface area contributed by atoms with Crippen LogP contribution in [0.4, 0.5) is 5.69 Å². The highest BCUT2D eigenvalue weighted by Gasteiger charge is 2.31. The van der Waals surface area contributed by atoms with Crippen LogP contribution in [0.15, 0.2) is 48.5 Å². The van der Waals surface area contributed by atoms with Crippen molar-refractivity contribution in [2.24, 2.45) is 0 Å².